The molecule has 3 amide bonds. The van der Waals surface area contributed by atoms with Gasteiger partial charge in [0.1, 0.15) is 17.5 Å². The van der Waals surface area contributed by atoms with E-state index in [1.807, 2.05) is 30.3 Å². The molecule has 1 unspecified atom stereocenters. The van der Waals surface area contributed by atoms with Crippen molar-refractivity contribution in [1.82, 2.24) is 29.3 Å². The number of aromatic nitrogens is 3. The van der Waals surface area contributed by atoms with E-state index >= 15 is 0 Å². The van der Waals surface area contributed by atoms with Gasteiger partial charge in [-0.25, -0.2) is 4.79 Å². The normalized spacial score (nSPS) is 20.5. The lowest BCUT2D eigenvalue weighted by Gasteiger charge is -2.55. The number of hydrogen-bond donors (Lipinski definition) is 1. The number of ether oxygens (including phenoxy) is 2. The lowest BCUT2D eigenvalue weighted by molar-refractivity contribution is -0.136. The molecular formula is C36H39N7O6. The van der Waals surface area contributed by atoms with Crippen molar-refractivity contribution in [1.29, 1.82) is 0 Å². The molecule has 2 aromatic carbocycles. The van der Waals surface area contributed by atoms with Gasteiger partial charge in [-0.05, 0) is 73.8 Å². The van der Waals surface area contributed by atoms with Crippen LogP contribution in [0.1, 0.15) is 47.2 Å². The van der Waals surface area contributed by atoms with E-state index in [-0.39, 0.29) is 35.2 Å². The summed E-state index contributed by atoms with van der Waals surface area (Å²) in [6.45, 7) is 4.86. The number of carbonyl (C=O) groups excluding carboxylic acids is 3. The van der Waals surface area contributed by atoms with Crippen LogP contribution in [0.3, 0.4) is 0 Å². The third kappa shape index (κ3) is 5.23. The maximum Gasteiger partial charge on any atom is 0.348 e. The summed E-state index contributed by atoms with van der Waals surface area (Å²) in [6.07, 6.45) is 6.18. The zero-order valence-electron chi connectivity index (χ0n) is 27.9. The number of likely N-dealkylation sites (tertiary alicyclic amines) is 1. The molecule has 4 aliphatic heterocycles. The van der Waals surface area contributed by atoms with Crippen molar-refractivity contribution >= 4 is 28.9 Å². The van der Waals surface area contributed by atoms with E-state index in [1.165, 1.54) is 9.08 Å². The third-order valence-corrected chi connectivity index (χ3v) is 10.9. The second kappa shape index (κ2) is 11.8. The molecule has 0 bridgehead atoms. The number of hydrogen-bond acceptors (Lipinski definition) is 9. The standard InChI is InChI=1S/C36H39N7O6/c1-39-11-8-28-26(17-37-43(28)35(39)47)23-14-30(48-2)27(31(15-23)49-3)19-40-12-9-36(10-13-40)20-41(21-36)24-5-4-22-18-42(34(46)25(22)16-24)29-6-7-32(44)38-33(29)45/h4-5,8,11,14-17,29H,6-7,9-10,12-13,18-21H2,1-3H3,(H,38,44,45). The quantitative estimate of drug-likeness (QED) is 0.296. The first kappa shape index (κ1) is 31.1. The first-order valence-corrected chi connectivity index (χ1v) is 16.7. The lowest BCUT2D eigenvalue weighted by Crippen LogP contribution is -2.60. The van der Waals surface area contributed by atoms with Gasteiger partial charge in [-0.1, -0.05) is 6.07 Å². The lowest BCUT2D eigenvalue weighted by atomic mass is 9.71. The second-order valence-corrected chi connectivity index (χ2v) is 13.8. The zero-order chi connectivity index (χ0) is 34.0. The Labute approximate surface area is 283 Å². The third-order valence-electron chi connectivity index (χ3n) is 10.9. The molecule has 1 atom stereocenters. The van der Waals surface area contributed by atoms with Crippen LogP contribution in [0, 0.1) is 5.41 Å². The van der Waals surface area contributed by atoms with Crippen LogP contribution in [0.25, 0.3) is 16.6 Å². The van der Waals surface area contributed by atoms with Crippen LogP contribution in [-0.4, -0.2) is 88.1 Å². The number of carbonyl (C=O) groups is 3. The highest BCUT2D eigenvalue weighted by Gasteiger charge is 2.46. The van der Waals surface area contributed by atoms with Crippen LogP contribution in [0.15, 0.2) is 53.6 Å². The fourth-order valence-electron chi connectivity index (χ4n) is 7.99. The van der Waals surface area contributed by atoms with Gasteiger partial charge < -0.3 is 23.8 Å². The minimum absolute atomic E-state index is 0.141. The molecular weight excluding hydrogens is 626 g/mol. The van der Waals surface area contributed by atoms with E-state index in [2.05, 4.69) is 26.3 Å². The van der Waals surface area contributed by atoms with Gasteiger partial charge >= 0.3 is 5.69 Å². The van der Waals surface area contributed by atoms with E-state index in [1.54, 1.807) is 38.6 Å². The summed E-state index contributed by atoms with van der Waals surface area (Å²) < 4.78 is 14.7. The molecule has 0 saturated carbocycles. The topological polar surface area (TPSA) is 131 Å². The first-order chi connectivity index (χ1) is 23.7. The van der Waals surface area contributed by atoms with Crippen LogP contribution in [-0.2, 0) is 29.7 Å². The predicted octanol–water partition coefficient (Wildman–Crippen LogP) is 2.58. The highest BCUT2D eigenvalue weighted by Crippen LogP contribution is 2.45. The molecule has 254 valence electrons. The highest BCUT2D eigenvalue weighted by molar-refractivity contribution is 6.05. The summed E-state index contributed by atoms with van der Waals surface area (Å²) in [6, 6.07) is 11.3. The Kier molecular flexibility index (Phi) is 7.47. The number of fused-ring (bicyclic) bond motifs is 2. The Morgan fingerprint density at radius 2 is 1.69 bits per heavy atom. The van der Waals surface area contributed by atoms with E-state index in [9.17, 15) is 19.2 Å². The number of methoxy groups -OCH3 is 2. The Bertz CT molecular complexity index is 2040. The van der Waals surface area contributed by atoms with Crippen molar-refractivity contribution < 1.29 is 23.9 Å². The SMILES string of the molecule is COc1cc(-c2cnn3c(=O)n(C)ccc23)cc(OC)c1CN1CCC2(CC1)CN(c1ccc3c(c1)C(=O)N(C1CCC(=O)NC1=O)C3)C2. The Balaban J connectivity index is 0.918. The van der Waals surface area contributed by atoms with Crippen molar-refractivity contribution in [3.8, 4) is 22.6 Å². The number of nitrogens with one attached hydrogen (secondary N) is 1. The first-order valence-electron chi connectivity index (χ1n) is 16.7. The van der Waals surface area contributed by atoms with Crippen LogP contribution in [0.2, 0.25) is 0 Å². The molecule has 4 aromatic rings. The Morgan fingerprint density at radius 1 is 0.959 bits per heavy atom. The molecule has 13 nitrogen and oxygen atoms in total. The number of amides is 3. The molecule has 49 heavy (non-hydrogen) atoms. The van der Waals surface area contributed by atoms with Crippen LogP contribution in [0.4, 0.5) is 5.69 Å². The van der Waals surface area contributed by atoms with Crippen molar-refractivity contribution in [3.63, 3.8) is 0 Å². The van der Waals surface area contributed by atoms with Crippen LogP contribution in [0.5, 0.6) is 11.5 Å². The molecule has 3 fully saturated rings. The summed E-state index contributed by atoms with van der Waals surface area (Å²) in [5, 5.41) is 6.70. The molecule has 13 heteroatoms. The molecule has 1 spiro atoms. The predicted molar refractivity (Wildman–Crippen MR) is 181 cm³/mol. The van der Waals surface area contributed by atoms with Gasteiger partial charge in [0.05, 0.1) is 31.5 Å². The van der Waals surface area contributed by atoms with Gasteiger partial charge in [0.25, 0.3) is 5.91 Å². The molecule has 8 rings (SSSR count). The smallest absolute Gasteiger partial charge is 0.348 e. The van der Waals surface area contributed by atoms with Gasteiger partial charge in [-0.2, -0.15) is 9.61 Å². The number of imide groups is 1. The fourth-order valence-corrected chi connectivity index (χ4v) is 7.99. The van der Waals surface area contributed by atoms with Gasteiger partial charge in [-0.15, -0.1) is 0 Å². The summed E-state index contributed by atoms with van der Waals surface area (Å²) in [5.74, 6) is 0.651. The van der Waals surface area contributed by atoms with Crippen LogP contribution >= 0.6 is 0 Å². The van der Waals surface area contributed by atoms with Gasteiger partial charge in [0.2, 0.25) is 11.8 Å². The highest BCUT2D eigenvalue weighted by atomic mass is 16.5. The largest absolute Gasteiger partial charge is 0.496 e. The van der Waals surface area contributed by atoms with Gasteiger partial charge in [-0.3, -0.25) is 24.6 Å². The molecule has 0 aliphatic carbocycles. The number of benzene rings is 2. The maximum absolute atomic E-state index is 13.3. The van der Waals surface area contributed by atoms with E-state index < -0.39 is 6.04 Å². The molecule has 6 heterocycles. The molecule has 1 N–H and O–H groups in total. The average Bonchev–Trinajstić information content (AvgIpc) is 3.67. The monoisotopic (exact) mass is 665 g/mol. The summed E-state index contributed by atoms with van der Waals surface area (Å²) in [7, 11) is 5.04. The van der Waals surface area contributed by atoms with Crippen molar-refractivity contribution in [2.45, 2.75) is 44.8 Å². The number of anilines is 1. The van der Waals surface area contributed by atoms with Crippen molar-refractivity contribution in [3.05, 3.63) is 76.0 Å². The minimum atomic E-state index is -0.606. The summed E-state index contributed by atoms with van der Waals surface area (Å²) in [4.78, 5) is 56.3. The second-order valence-electron chi connectivity index (χ2n) is 13.8. The van der Waals surface area contributed by atoms with Gasteiger partial charge in [0.15, 0.2) is 0 Å². The Hall–Kier alpha value is -5.17. The molecule has 4 aliphatic rings. The van der Waals surface area contributed by atoms with Crippen LogP contribution < -0.4 is 25.4 Å². The van der Waals surface area contributed by atoms with E-state index in [0.29, 0.717) is 25.1 Å². The summed E-state index contributed by atoms with van der Waals surface area (Å²) >= 11 is 0. The van der Waals surface area contributed by atoms with E-state index in [4.69, 9.17) is 9.47 Å². The number of piperidine rings is 2. The van der Waals surface area contributed by atoms with Crippen molar-refractivity contribution in [2.75, 3.05) is 45.3 Å². The number of aryl methyl sites for hydroxylation is 1. The van der Waals surface area contributed by atoms with Crippen molar-refractivity contribution in [2.24, 2.45) is 12.5 Å². The minimum Gasteiger partial charge on any atom is -0.496 e. The molecule has 3 saturated heterocycles. The average molecular weight is 666 g/mol. The zero-order valence-corrected chi connectivity index (χ0v) is 27.9. The fraction of sp³-hybridized carbons (Fsp3) is 0.417. The molecule has 2 aromatic heterocycles. The maximum atomic E-state index is 13.3. The number of rotatable bonds is 7. The molecule has 0 radical (unpaired) electrons. The van der Waals surface area contributed by atoms with E-state index in [0.717, 1.165) is 84.0 Å². The number of nitrogens with zero attached hydrogens (tertiary/aromatic N) is 6. The Morgan fingerprint density at radius 3 is 2.39 bits per heavy atom. The summed E-state index contributed by atoms with van der Waals surface area (Å²) in [5.41, 5.74) is 6.03. The van der Waals surface area contributed by atoms with Gasteiger partial charge in [0, 0.05) is 68.1 Å².